The number of hydrogen-bond donors (Lipinski definition) is 3. The number of aliphatic hydroxyl groups is 2. The molecule has 0 saturated heterocycles. The maximum Gasteiger partial charge on any atom is 0.0402 e. The van der Waals surface area contributed by atoms with Crippen molar-refractivity contribution in [3.8, 4) is 0 Å². The van der Waals surface area contributed by atoms with Crippen LogP contribution in [0.3, 0.4) is 0 Å². The summed E-state index contributed by atoms with van der Waals surface area (Å²) in [5.74, 6) is 0. The summed E-state index contributed by atoms with van der Waals surface area (Å²) >= 11 is 0. The molecule has 0 fully saturated rings. The molecule has 0 amide bonds. The van der Waals surface area contributed by atoms with Crippen molar-refractivity contribution in [3.63, 3.8) is 0 Å². The summed E-state index contributed by atoms with van der Waals surface area (Å²) in [7, 11) is 0. The third-order valence-electron chi connectivity index (χ3n) is 0.454. The van der Waals surface area contributed by atoms with E-state index in [0.717, 1.165) is 19.4 Å². The summed E-state index contributed by atoms with van der Waals surface area (Å²) < 4.78 is 0. The molecular weight excluding hydrogens is 190 g/mol. The second-order valence-corrected chi connectivity index (χ2v) is 1.63. The molecule has 0 heterocycles. The second-order valence-electron chi connectivity index (χ2n) is 1.63. The van der Waals surface area contributed by atoms with Crippen LogP contribution in [0, 0.1) is 6.92 Å². The van der Waals surface area contributed by atoms with Crippen LogP contribution >= 0.6 is 0 Å². The van der Waals surface area contributed by atoms with Crippen LogP contribution in [-0.4, -0.2) is 30.0 Å². The molecule has 0 saturated carbocycles. The molecule has 0 bridgehead atoms. The fraction of sp³-hybridized carbons (Fsp3) is 0.875. The van der Waals surface area contributed by atoms with E-state index in [4.69, 9.17) is 15.9 Å². The molecule has 3 nitrogen and oxygen atoms in total. The van der Waals surface area contributed by atoms with Crippen molar-refractivity contribution in [3.05, 3.63) is 6.92 Å². The molecule has 0 aromatic heterocycles. The fourth-order valence-electron chi connectivity index (χ4n) is 0.144. The van der Waals surface area contributed by atoms with Crippen molar-refractivity contribution in [2.24, 2.45) is 5.73 Å². The molecule has 0 spiro atoms. The monoisotopic (exact) mass is 212 g/mol. The van der Waals surface area contributed by atoms with E-state index in [-0.39, 0.29) is 34.9 Å². The van der Waals surface area contributed by atoms with E-state index in [0.29, 0.717) is 0 Å². The van der Waals surface area contributed by atoms with Gasteiger partial charge in [-0.15, -0.1) is 0 Å². The average Bonchev–Trinajstić information content (AvgIpc) is 1.92. The summed E-state index contributed by atoms with van der Waals surface area (Å²) in [6.07, 6.45) is 2.02. The van der Waals surface area contributed by atoms with Crippen molar-refractivity contribution < 1.29 is 31.9 Å². The Bertz CT molecular complexity index is 36.2. The van der Waals surface area contributed by atoms with Crippen LogP contribution in [-0.2, 0) is 21.7 Å². The van der Waals surface area contributed by atoms with Crippen molar-refractivity contribution in [2.45, 2.75) is 26.7 Å². The molecule has 4 N–H and O–H groups in total. The zero-order valence-corrected chi connectivity index (χ0v) is 9.78. The van der Waals surface area contributed by atoms with E-state index in [1.165, 1.54) is 0 Å². The smallest absolute Gasteiger partial charge is 0.0402 e. The van der Waals surface area contributed by atoms with E-state index in [9.17, 15) is 0 Å². The molecule has 0 aromatic carbocycles. The third-order valence-corrected chi connectivity index (χ3v) is 0.454. The van der Waals surface area contributed by atoms with Gasteiger partial charge in [0.2, 0.25) is 0 Å². The molecule has 0 rings (SSSR count). The SMILES string of the molecule is CCO.CCO.[CH2-]CCCN.[Ti]. The van der Waals surface area contributed by atoms with Gasteiger partial charge in [-0.3, -0.25) is 0 Å². The Balaban J connectivity index is -0.0000000406. The number of nitrogens with two attached hydrogens (primary N) is 1. The van der Waals surface area contributed by atoms with Crippen LogP contribution in [0.15, 0.2) is 0 Å². The Labute approximate surface area is 91.2 Å². The first-order valence-corrected chi connectivity index (χ1v) is 3.95. The molecule has 12 heavy (non-hydrogen) atoms. The second kappa shape index (κ2) is 41.6. The number of aliphatic hydroxyl groups excluding tert-OH is 2. The van der Waals surface area contributed by atoms with Gasteiger partial charge >= 0.3 is 0 Å². The summed E-state index contributed by atoms with van der Waals surface area (Å²) in [6.45, 7) is 8.24. The predicted octanol–water partition coefficient (Wildman–Crippen LogP) is 0.554. The van der Waals surface area contributed by atoms with Gasteiger partial charge in [-0.05, 0) is 20.4 Å². The van der Waals surface area contributed by atoms with Gasteiger partial charge in [0.1, 0.15) is 0 Å². The first-order chi connectivity index (χ1) is 5.24. The number of unbranched alkanes of at least 4 members (excludes halogenated alkanes) is 1. The van der Waals surface area contributed by atoms with Crippen LogP contribution in [0.4, 0.5) is 0 Å². The Hall–Kier alpha value is 0.594. The molecule has 0 aliphatic carbocycles. The molecule has 0 aliphatic heterocycles. The van der Waals surface area contributed by atoms with Gasteiger partial charge in [-0.25, -0.2) is 0 Å². The van der Waals surface area contributed by atoms with E-state index in [2.05, 4.69) is 6.92 Å². The first kappa shape index (κ1) is 22.9. The minimum absolute atomic E-state index is 0. The van der Waals surface area contributed by atoms with Gasteiger partial charge in [0, 0.05) is 34.9 Å². The van der Waals surface area contributed by atoms with Crippen molar-refractivity contribution >= 4 is 0 Å². The van der Waals surface area contributed by atoms with Gasteiger partial charge < -0.3 is 22.9 Å². The molecule has 0 atom stereocenters. The average molecular weight is 212 g/mol. The number of hydrogen-bond acceptors (Lipinski definition) is 3. The molecule has 4 heteroatoms. The summed E-state index contributed by atoms with van der Waals surface area (Å²) in [5.41, 5.74) is 5.10. The minimum Gasteiger partial charge on any atom is -0.397 e. The van der Waals surface area contributed by atoms with E-state index in [1.807, 2.05) is 0 Å². The van der Waals surface area contributed by atoms with Crippen LogP contribution in [0.2, 0.25) is 0 Å². The standard InChI is InChI=1S/C4H10N.2C2H6O.Ti/c1-2-3-4-5;2*1-2-3;/h1-5H2;2*3H,2H2,1H3;/q-1;;;. The topological polar surface area (TPSA) is 66.5 Å². The first-order valence-electron chi connectivity index (χ1n) is 3.95. The zero-order chi connectivity index (χ0) is 9.54. The maximum absolute atomic E-state index is 7.57. The van der Waals surface area contributed by atoms with Crippen LogP contribution in [0.1, 0.15) is 26.7 Å². The zero-order valence-electron chi connectivity index (χ0n) is 8.21. The Morgan fingerprint density at radius 1 is 1.17 bits per heavy atom. The van der Waals surface area contributed by atoms with Gasteiger partial charge in [0.05, 0.1) is 0 Å². The Morgan fingerprint density at radius 2 is 1.42 bits per heavy atom. The molecule has 0 unspecified atom stereocenters. The van der Waals surface area contributed by atoms with Gasteiger partial charge in [-0.1, -0.05) is 6.42 Å². The summed E-state index contributed by atoms with van der Waals surface area (Å²) in [5, 5.41) is 15.1. The van der Waals surface area contributed by atoms with Crippen molar-refractivity contribution in [1.29, 1.82) is 0 Å². The van der Waals surface area contributed by atoms with Crippen LogP contribution < -0.4 is 5.73 Å². The van der Waals surface area contributed by atoms with Gasteiger partial charge in [-0.2, -0.15) is 6.42 Å². The molecule has 0 aromatic rings. The molecule has 0 aliphatic rings. The van der Waals surface area contributed by atoms with Crippen molar-refractivity contribution in [2.75, 3.05) is 19.8 Å². The Kier molecular flexibility index (Phi) is 79.4. The van der Waals surface area contributed by atoms with Gasteiger partial charge in [0.25, 0.3) is 0 Å². The molecule has 0 radical (unpaired) electrons. The van der Waals surface area contributed by atoms with E-state index < -0.39 is 0 Å². The van der Waals surface area contributed by atoms with E-state index >= 15 is 0 Å². The Morgan fingerprint density at radius 3 is 1.42 bits per heavy atom. The van der Waals surface area contributed by atoms with Crippen molar-refractivity contribution in [1.82, 2.24) is 0 Å². The summed E-state index contributed by atoms with van der Waals surface area (Å²) in [4.78, 5) is 0. The third kappa shape index (κ3) is 145. The predicted molar refractivity (Wildman–Crippen MR) is 49.2 cm³/mol. The molecule has 76 valence electrons. The largest absolute Gasteiger partial charge is 0.397 e. The fourth-order valence-corrected chi connectivity index (χ4v) is 0.144. The number of rotatable bonds is 2. The van der Waals surface area contributed by atoms with Crippen LogP contribution in [0.5, 0.6) is 0 Å². The maximum atomic E-state index is 7.57. The van der Waals surface area contributed by atoms with Crippen LogP contribution in [0.25, 0.3) is 0 Å². The minimum atomic E-state index is 0. The normalized spacial score (nSPS) is 6.50. The molecular formula is C8H22NO2Ti-. The summed E-state index contributed by atoms with van der Waals surface area (Å²) in [6, 6.07) is 0. The van der Waals surface area contributed by atoms with Gasteiger partial charge in [0.15, 0.2) is 0 Å². The van der Waals surface area contributed by atoms with E-state index in [1.54, 1.807) is 13.8 Å². The quantitative estimate of drug-likeness (QED) is 0.462.